The van der Waals surface area contributed by atoms with Gasteiger partial charge in [0, 0.05) is 9.64 Å². The van der Waals surface area contributed by atoms with Crippen LogP contribution in [0.15, 0.2) is 29.3 Å². The third kappa shape index (κ3) is 2.77. The van der Waals surface area contributed by atoms with Gasteiger partial charge in [-0.15, -0.1) is 0 Å². The fraction of sp³-hybridized carbons (Fsp3) is 0.0909. The highest BCUT2D eigenvalue weighted by atomic mass is 127. The highest BCUT2D eigenvalue weighted by molar-refractivity contribution is 14.1. The summed E-state index contributed by atoms with van der Waals surface area (Å²) in [5.41, 5.74) is -0.769. The van der Waals surface area contributed by atoms with Gasteiger partial charge in [-0.2, -0.15) is 18.3 Å². The quantitative estimate of drug-likeness (QED) is 0.439. The Hall–Kier alpha value is -1.45. The van der Waals surface area contributed by atoms with Crippen LogP contribution in [0.3, 0.4) is 0 Å². The van der Waals surface area contributed by atoms with E-state index in [1.54, 1.807) is 0 Å². The molecule has 100 valence electrons. The van der Waals surface area contributed by atoms with E-state index in [-0.39, 0.29) is 5.82 Å². The van der Waals surface area contributed by atoms with E-state index < -0.39 is 17.7 Å². The highest BCUT2D eigenvalue weighted by Gasteiger charge is 2.35. The SMILES string of the molecule is C=Nc1cc(C(F)(F)F)nn1-c1ccc(F)cc1I. The monoisotopic (exact) mass is 383 g/mol. The van der Waals surface area contributed by atoms with Crippen LogP contribution in [-0.4, -0.2) is 16.5 Å². The molecule has 3 nitrogen and oxygen atoms in total. The molecule has 1 aromatic heterocycles. The second-order valence-corrected chi connectivity index (χ2v) is 4.71. The summed E-state index contributed by atoms with van der Waals surface area (Å²) in [6.07, 6.45) is -4.57. The molecule has 0 radical (unpaired) electrons. The van der Waals surface area contributed by atoms with Crippen molar-refractivity contribution in [1.82, 2.24) is 9.78 Å². The molecule has 2 aromatic rings. The van der Waals surface area contributed by atoms with Gasteiger partial charge in [0.1, 0.15) is 5.82 Å². The summed E-state index contributed by atoms with van der Waals surface area (Å²) in [6.45, 7) is 3.20. The van der Waals surface area contributed by atoms with Gasteiger partial charge in [0.15, 0.2) is 11.5 Å². The molecule has 0 aliphatic rings. The minimum Gasteiger partial charge on any atom is -0.245 e. The summed E-state index contributed by atoms with van der Waals surface area (Å²) >= 11 is 1.81. The van der Waals surface area contributed by atoms with E-state index in [1.165, 1.54) is 12.1 Å². The van der Waals surface area contributed by atoms with Gasteiger partial charge in [-0.05, 0) is 47.5 Å². The normalized spacial score (nSPS) is 11.6. The van der Waals surface area contributed by atoms with E-state index in [1.807, 2.05) is 22.6 Å². The molecule has 1 heterocycles. The Morgan fingerprint density at radius 3 is 2.47 bits per heavy atom. The lowest BCUT2D eigenvalue weighted by molar-refractivity contribution is -0.141. The molecule has 2 rings (SSSR count). The largest absolute Gasteiger partial charge is 0.435 e. The van der Waals surface area contributed by atoms with E-state index in [0.717, 1.165) is 16.8 Å². The number of rotatable bonds is 2. The molecule has 0 fully saturated rings. The van der Waals surface area contributed by atoms with Crippen molar-refractivity contribution in [2.24, 2.45) is 4.99 Å². The zero-order valence-electron chi connectivity index (χ0n) is 9.25. The molecule has 0 aliphatic heterocycles. The van der Waals surface area contributed by atoms with Crippen LogP contribution in [0, 0.1) is 9.39 Å². The van der Waals surface area contributed by atoms with Gasteiger partial charge in [-0.25, -0.2) is 14.1 Å². The van der Waals surface area contributed by atoms with Gasteiger partial charge in [0.05, 0.1) is 5.69 Å². The van der Waals surface area contributed by atoms with E-state index in [2.05, 4.69) is 16.8 Å². The van der Waals surface area contributed by atoms with Gasteiger partial charge in [-0.1, -0.05) is 0 Å². The van der Waals surface area contributed by atoms with Crippen molar-refractivity contribution in [2.75, 3.05) is 0 Å². The van der Waals surface area contributed by atoms with Crippen LogP contribution in [0.1, 0.15) is 5.69 Å². The van der Waals surface area contributed by atoms with Gasteiger partial charge < -0.3 is 0 Å². The standard InChI is InChI=1S/C11H6F4IN3/c1-17-10-5-9(11(13,14)15)18-19(10)8-3-2-6(12)4-7(8)16/h2-5H,1H2. The molecule has 0 amide bonds. The number of nitrogens with zero attached hydrogens (tertiary/aromatic N) is 3. The number of hydrogen-bond acceptors (Lipinski definition) is 2. The van der Waals surface area contributed by atoms with Gasteiger partial charge >= 0.3 is 6.18 Å². The first-order chi connectivity index (χ1) is 8.82. The fourth-order valence-corrected chi connectivity index (χ4v) is 2.16. The highest BCUT2D eigenvalue weighted by Crippen LogP contribution is 2.32. The average Bonchev–Trinajstić information content (AvgIpc) is 2.72. The first kappa shape index (κ1) is 14.0. The summed E-state index contributed by atoms with van der Waals surface area (Å²) in [7, 11) is 0. The first-order valence-electron chi connectivity index (χ1n) is 4.92. The van der Waals surface area contributed by atoms with Gasteiger partial charge in [0.25, 0.3) is 0 Å². The van der Waals surface area contributed by atoms with Crippen molar-refractivity contribution < 1.29 is 17.6 Å². The van der Waals surface area contributed by atoms with Crippen LogP contribution in [0.25, 0.3) is 5.69 Å². The fourth-order valence-electron chi connectivity index (χ4n) is 1.45. The van der Waals surface area contributed by atoms with Crippen molar-refractivity contribution in [1.29, 1.82) is 0 Å². The maximum Gasteiger partial charge on any atom is 0.435 e. The van der Waals surface area contributed by atoms with Crippen LogP contribution >= 0.6 is 22.6 Å². The molecule has 0 unspecified atom stereocenters. The lowest BCUT2D eigenvalue weighted by Gasteiger charge is -2.06. The molecule has 0 N–H and O–H groups in total. The first-order valence-corrected chi connectivity index (χ1v) is 6.00. The molecular weight excluding hydrogens is 377 g/mol. The Morgan fingerprint density at radius 2 is 1.95 bits per heavy atom. The summed E-state index contributed by atoms with van der Waals surface area (Å²) in [5.74, 6) is -0.540. The number of alkyl halides is 3. The second-order valence-electron chi connectivity index (χ2n) is 3.55. The van der Waals surface area contributed by atoms with Crippen LogP contribution in [0.2, 0.25) is 0 Å². The summed E-state index contributed by atoms with van der Waals surface area (Å²) in [4.78, 5) is 3.50. The zero-order chi connectivity index (χ0) is 14.2. The van der Waals surface area contributed by atoms with E-state index >= 15 is 0 Å². The molecule has 0 aliphatic carbocycles. The Morgan fingerprint density at radius 1 is 1.26 bits per heavy atom. The molecule has 0 atom stereocenters. The smallest absolute Gasteiger partial charge is 0.245 e. The lowest BCUT2D eigenvalue weighted by Crippen LogP contribution is -2.07. The van der Waals surface area contributed by atoms with Crippen molar-refractivity contribution in [3.8, 4) is 5.69 Å². The van der Waals surface area contributed by atoms with Crippen molar-refractivity contribution in [3.63, 3.8) is 0 Å². The number of aromatic nitrogens is 2. The van der Waals surface area contributed by atoms with Crippen LogP contribution in [0.5, 0.6) is 0 Å². The molecule has 0 saturated carbocycles. The predicted molar refractivity (Wildman–Crippen MR) is 70.5 cm³/mol. The number of halogens is 5. The van der Waals surface area contributed by atoms with Crippen molar-refractivity contribution in [2.45, 2.75) is 6.18 Å². The Balaban J connectivity index is 2.61. The van der Waals surface area contributed by atoms with Crippen LogP contribution < -0.4 is 0 Å². The summed E-state index contributed by atoms with van der Waals surface area (Å²) in [6, 6.07) is 4.45. The van der Waals surface area contributed by atoms with E-state index in [9.17, 15) is 17.6 Å². The molecule has 1 aromatic carbocycles. The van der Waals surface area contributed by atoms with Gasteiger partial charge in [-0.3, -0.25) is 0 Å². The van der Waals surface area contributed by atoms with Crippen molar-refractivity contribution >= 4 is 35.1 Å². The van der Waals surface area contributed by atoms with E-state index in [4.69, 9.17) is 0 Å². The molecule has 0 bridgehead atoms. The average molecular weight is 383 g/mol. The molecule has 0 saturated heterocycles. The maximum absolute atomic E-state index is 13.0. The summed E-state index contributed by atoms with van der Waals surface area (Å²) in [5, 5.41) is 3.44. The predicted octanol–water partition coefficient (Wildman–Crippen LogP) is 3.97. The minimum absolute atomic E-state index is 0.0585. The third-order valence-electron chi connectivity index (χ3n) is 2.28. The number of benzene rings is 1. The minimum atomic E-state index is -4.57. The molecular formula is C11H6F4IN3. The Kier molecular flexibility index (Phi) is 3.61. The third-order valence-corrected chi connectivity index (χ3v) is 3.14. The molecule has 19 heavy (non-hydrogen) atoms. The molecule has 0 spiro atoms. The topological polar surface area (TPSA) is 30.2 Å². The number of aliphatic imine (C=N–C) groups is 1. The second kappa shape index (κ2) is 4.91. The van der Waals surface area contributed by atoms with Gasteiger partial charge in [0.2, 0.25) is 0 Å². The lowest BCUT2D eigenvalue weighted by atomic mass is 10.3. The maximum atomic E-state index is 13.0. The summed E-state index contributed by atoms with van der Waals surface area (Å²) < 4.78 is 52.2. The zero-order valence-corrected chi connectivity index (χ0v) is 11.4. The van der Waals surface area contributed by atoms with Crippen LogP contribution in [-0.2, 0) is 6.18 Å². The Bertz CT molecular complexity index is 633. The number of hydrogen-bond donors (Lipinski definition) is 0. The van der Waals surface area contributed by atoms with E-state index in [0.29, 0.717) is 9.26 Å². The Labute approximate surface area is 119 Å². The van der Waals surface area contributed by atoms with Crippen molar-refractivity contribution in [3.05, 3.63) is 39.3 Å². The van der Waals surface area contributed by atoms with Crippen LogP contribution in [0.4, 0.5) is 23.4 Å². The molecule has 8 heteroatoms.